The van der Waals surface area contributed by atoms with Gasteiger partial charge in [-0.3, -0.25) is 0 Å². The minimum atomic E-state index is -0.596. The molecular formula is C35H52N4O2. The Morgan fingerprint density at radius 2 is 1.10 bits per heavy atom. The Hall–Kier alpha value is -3.15. The van der Waals surface area contributed by atoms with Crippen molar-refractivity contribution in [2.24, 2.45) is 10.2 Å². The predicted octanol–water partition coefficient (Wildman–Crippen LogP) is 8.97. The van der Waals surface area contributed by atoms with Crippen molar-refractivity contribution in [2.45, 2.75) is 118 Å². The molecule has 6 heteroatoms. The summed E-state index contributed by atoms with van der Waals surface area (Å²) in [5.74, 6) is 1.60. The molecular weight excluding hydrogens is 508 g/mol. The minimum Gasteiger partial charge on any atom is -0.456 e. The summed E-state index contributed by atoms with van der Waals surface area (Å²) >= 11 is 0. The number of para-hydroxylation sites is 2. The van der Waals surface area contributed by atoms with Gasteiger partial charge in [0.15, 0.2) is 0 Å². The van der Waals surface area contributed by atoms with Gasteiger partial charge in [-0.2, -0.15) is 0 Å². The van der Waals surface area contributed by atoms with Gasteiger partial charge in [0.2, 0.25) is 5.96 Å². The number of benzene rings is 2. The lowest BCUT2D eigenvalue weighted by atomic mass is 9.91. The normalized spacial score (nSPS) is 15.0. The van der Waals surface area contributed by atoms with E-state index in [9.17, 15) is 4.79 Å². The molecule has 0 aromatic heterocycles. The standard InChI is InChI=1S/C35H52N4O2/c1-23(2)27-16-14-17-28(24(3)4)32(27)38-20-12-13-21-39(34(38)37-36-22-31(40)41-35(9,10)11)33-29(25(5)6)18-15-19-30(33)26(7)8/h14-19,22-26H,12-13,20-21H2,1-11H3/b36-22+. The molecule has 2 aromatic carbocycles. The minimum absolute atomic E-state index is 0.334. The lowest BCUT2D eigenvalue weighted by Crippen LogP contribution is -2.45. The van der Waals surface area contributed by atoms with Gasteiger partial charge < -0.3 is 14.5 Å². The number of anilines is 2. The molecule has 0 radical (unpaired) electrons. The largest absolute Gasteiger partial charge is 0.456 e. The van der Waals surface area contributed by atoms with Crippen molar-refractivity contribution in [3.63, 3.8) is 0 Å². The molecule has 1 aliphatic rings. The average molecular weight is 561 g/mol. The van der Waals surface area contributed by atoms with Crippen LogP contribution >= 0.6 is 0 Å². The SMILES string of the molecule is CC(C)c1cccc(C(C)C)c1N1CCCCN(c2c(C(C)C)cccc2C(C)C)C1=N/N=C/C(=O)OC(C)(C)C. The van der Waals surface area contributed by atoms with Gasteiger partial charge >= 0.3 is 5.97 Å². The maximum Gasteiger partial charge on any atom is 0.351 e. The second-order valence-corrected chi connectivity index (χ2v) is 13.4. The first kappa shape index (κ1) is 32.4. The van der Waals surface area contributed by atoms with Crippen LogP contribution < -0.4 is 9.80 Å². The number of nitrogens with zero attached hydrogens (tertiary/aromatic N) is 4. The highest BCUT2D eigenvalue weighted by molar-refractivity contribution is 6.23. The molecule has 1 aliphatic heterocycles. The quantitative estimate of drug-likeness (QED) is 0.184. The number of rotatable bonds is 8. The molecule has 0 amide bonds. The van der Waals surface area contributed by atoms with Crippen molar-refractivity contribution < 1.29 is 9.53 Å². The number of hydrogen-bond donors (Lipinski definition) is 0. The lowest BCUT2D eigenvalue weighted by Gasteiger charge is -2.37. The van der Waals surface area contributed by atoms with Gasteiger partial charge in [-0.25, -0.2) is 4.79 Å². The van der Waals surface area contributed by atoms with Crippen molar-refractivity contribution in [1.82, 2.24) is 0 Å². The summed E-state index contributed by atoms with van der Waals surface area (Å²) in [6, 6.07) is 13.3. The monoisotopic (exact) mass is 560 g/mol. The van der Waals surface area contributed by atoms with E-state index in [4.69, 9.17) is 9.84 Å². The second-order valence-electron chi connectivity index (χ2n) is 13.4. The molecule has 0 saturated carbocycles. The lowest BCUT2D eigenvalue weighted by molar-refractivity contribution is -0.145. The van der Waals surface area contributed by atoms with Crippen LogP contribution in [0.4, 0.5) is 11.4 Å². The Bertz CT molecular complexity index is 1120. The summed E-state index contributed by atoms with van der Waals surface area (Å²) in [7, 11) is 0. The first-order chi connectivity index (χ1) is 19.2. The molecule has 224 valence electrons. The highest BCUT2D eigenvalue weighted by Gasteiger charge is 2.32. The molecule has 6 nitrogen and oxygen atoms in total. The molecule has 0 N–H and O–H groups in total. The summed E-state index contributed by atoms with van der Waals surface area (Å²) in [4.78, 5) is 17.3. The third kappa shape index (κ3) is 7.99. The zero-order valence-corrected chi connectivity index (χ0v) is 27.3. The van der Waals surface area contributed by atoms with Gasteiger partial charge in [0.1, 0.15) is 11.8 Å². The van der Waals surface area contributed by atoms with Gasteiger partial charge in [0, 0.05) is 13.1 Å². The molecule has 0 spiro atoms. The average Bonchev–Trinajstić information content (AvgIpc) is 3.08. The van der Waals surface area contributed by atoms with Crippen LogP contribution in [0, 0.1) is 0 Å². The van der Waals surface area contributed by atoms with E-state index in [0.29, 0.717) is 23.7 Å². The fourth-order valence-corrected chi connectivity index (χ4v) is 5.52. The van der Waals surface area contributed by atoms with E-state index >= 15 is 0 Å². The third-order valence-electron chi connectivity index (χ3n) is 7.44. The van der Waals surface area contributed by atoms with Crippen LogP contribution in [0.25, 0.3) is 0 Å². The zero-order valence-electron chi connectivity index (χ0n) is 27.3. The van der Waals surface area contributed by atoms with Crippen molar-refractivity contribution in [1.29, 1.82) is 0 Å². The fourth-order valence-electron chi connectivity index (χ4n) is 5.52. The van der Waals surface area contributed by atoms with E-state index in [1.54, 1.807) is 0 Å². The van der Waals surface area contributed by atoms with Crippen molar-refractivity contribution >= 4 is 29.5 Å². The maximum atomic E-state index is 12.6. The van der Waals surface area contributed by atoms with Crippen molar-refractivity contribution in [2.75, 3.05) is 22.9 Å². The van der Waals surface area contributed by atoms with E-state index in [-0.39, 0.29) is 0 Å². The van der Waals surface area contributed by atoms with Gasteiger partial charge in [-0.1, -0.05) is 91.8 Å². The number of carbonyl (C=O) groups excluding carboxylic acids is 1. The highest BCUT2D eigenvalue weighted by Crippen LogP contribution is 2.40. The Morgan fingerprint density at radius 3 is 1.41 bits per heavy atom. The smallest absolute Gasteiger partial charge is 0.351 e. The van der Waals surface area contributed by atoms with Crippen LogP contribution in [0.1, 0.15) is 135 Å². The van der Waals surface area contributed by atoms with E-state index in [1.165, 1.54) is 39.8 Å². The molecule has 0 aliphatic carbocycles. The molecule has 2 aromatic rings. The van der Waals surface area contributed by atoms with E-state index in [2.05, 4.69) is 107 Å². The molecule has 3 rings (SSSR count). The van der Waals surface area contributed by atoms with Crippen LogP contribution in [-0.4, -0.2) is 36.8 Å². The topological polar surface area (TPSA) is 57.5 Å². The van der Waals surface area contributed by atoms with Gasteiger partial charge in [-0.05, 0) is 79.5 Å². The number of guanidine groups is 1. The molecule has 1 heterocycles. The number of ether oxygens (including phenoxy) is 1. The van der Waals surface area contributed by atoms with Crippen LogP contribution in [0.3, 0.4) is 0 Å². The van der Waals surface area contributed by atoms with Gasteiger partial charge in [0.25, 0.3) is 0 Å². The third-order valence-corrected chi connectivity index (χ3v) is 7.44. The Labute approximate surface area is 248 Å². The Morgan fingerprint density at radius 1 is 0.732 bits per heavy atom. The maximum absolute atomic E-state index is 12.6. The number of hydrogen-bond acceptors (Lipinski definition) is 4. The van der Waals surface area contributed by atoms with Gasteiger partial charge in [-0.15, -0.1) is 10.2 Å². The van der Waals surface area contributed by atoms with E-state index < -0.39 is 11.6 Å². The highest BCUT2D eigenvalue weighted by atomic mass is 16.6. The molecule has 0 atom stereocenters. The van der Waals surface area contributed by atoms with E-state index in [1.807, 2.05) is 20.8 Å². The zero-order chi connectivity index (χ0) is 30.5. The first-order valence-corrected chi connectivity index (χ1v) is 15.4. The molecule has 0 unspecified atom stereocenters. The number of esters is 1. The molecule has 41 heavy (non-hydrogen) atoms. The summed E-state index contributed by atoms with van der Waals surface area (Å²) in [5, 5.41) is 9.24. The van der Waals surface area contributed by atoms with Crippen LogP contribution in [0.5, 0.6) is 0 Å². The van der Waals surface area contributed by atoms with Crippen LogP contribution in [0.2, 0.25) is 0 Å². The van der Waals surface area contributed by atoms with Crippen LogP contribution in [-0.2, 0) is 9.53 Å². The summed E-state index contributed by atoms with van der Waals surface area (Å²) in [6.45, 7) is 25.2. The Balaban J connectivity index is 2.33. The number of carbonyl (C=O) groups is 1. The molecule has 0 bridgehead atoms. The predicted molar refractivity (Wildman–Crippen MR) is 175 cm³/mol. The van der Waals surface area contributed by atoms with Gasteiger partial charge in [0.05, 0.1) is 11.4 Å². The summed E-state index contributed by atoms with van der Waals surface area (Å²) in [5.41, 5.74) is 7.01. The first-order valence-electron chi connectivity index (χ1n) is 15.4. The van der Waals surface area contributed by atoms with Crippen LogP contribution in [0.15, 0.2) is 46.6 Å². The molecule has 1 fully saturated rings. The Kier molecular flexibility index (Phi) is 10.8. The summed E-state index contributed by atoms with van der Waals surface area (Å²) < 4.78 is 5.49. The van der Waals surface area contributed by atoms with Crippen molar-refractivity contribution in [3.05, 3.63) is 58.7 Å². The van der Waals surface area contributed by atoms with Crippen molar-refractivity contribution in [3.8, 4) is 0 Å². The van der Waals surface area contributed by atoms with E-state index in [0.717, 1.165) is 31.9 Å². The second kappa shape index (κ2) is 13.7. The fraction of sp³-hybridized carbons (Fsp3) is 0.571. The summed E-state index contributed by atoms with van der Waals surface area (Å²) in [6.07, 6.45) is 3.25. The molecule has 1 saturated heterocycles.